The van der Waals surface area contributed by atoms with Gasteiger partial charge in [-0.15, -0.1) is 0 Å². The highest BCUT2D eigenvalue weighted by Crippen LogP contribution is 2.18. The van der Waals surface area contributed by atoms with Crippen LogP contribution in [0.25, 0.3) is 0 Å². The Bertz CT molecular complexity index is 689. The van der Waals surface area contributed by atoms with Crippen LogP contribution in [0.15, 0.2) is 53.0 Å². The minimum Gasteiger partial charge on any atom is -0.494 e. The molecule has 0 aliphatic heterocycles. The summed E-state index contributed by atoms with van der Waals surface area (Å²) in [5.74, 6) is 0.539. The molecule has 0 fully saturated rings. The van der Waals surface area contributed by atoms with E-state index in [0.717, 1.165) is 10.2 Å². The molecule has 0 spiro atoms. The number of hydrogen-bond acceptors (Lipinski definition) is 4. The molecule has 0 saturated heterocycles. The summed E-state index contributed by atoms with van der Waals surface area (Å²) in [5.41, 5.74) is 0.361. The predicted molar refractivity (Wildman–Crippen MR) is 90.6 cm³/mol. The van der Waals surface area contributed by atoms with Crippen molar-refractivity contribution in [2.45, 2.75) is 12.8 Å². The molecule has 2 aromatic rings. The molecule has 2 aromatic carbocycles. The highest BCUT2D eigenvalue weighted by molar-refractivity contribution is 9.10. The second-order valence-electron chi connectivity index (χ2n) is 4.76. The van der Waals surface area contributed by atoms with Crippen molar-refractivity contribution in [2.24, 2.45) is 0 Å². The van der Waals surface area contributed by atoms with E-state index < -0.39 is 4.92 Å². The smallest absolute Gasteiger partial charge is 0.271 e. The van der Waals surface area contributed by atoms with Crippen LogP contribution in [0.3, 0.4) is 0 Å². The molecule has 6 nitrogen and oxygen atoms in total. The van der Waals surface area contributed by atoms with Crippen LogP contribution >= 0.6 is 15.9 Å². The number of nitro benzene ring substituents is 1. The van der Waals surface area contributed by atoms with E-state index in [0.29, 0.717) is 18.7 Å². The van der Waals surface area contributed by atoms with Gasteiger partial charge in [-0.1, -0.05) is 22.0 Å². The molecule has 7 heteroatoms. The Kier molecular flexibility index (Phi) is 6.10. The number of nitro groups is 1. The lowest BCUT2D eigenvalue weighted by atomic mass is 10.2. The first-order valence-corrected chi connectivity index (χ1v) is 7.76. The molecule has 0 radical (unpaired) electrons. The van der Waals surface area contributed by atoms with Crippen molar-refractivity contribution in [3.8, 4) is 5.75 Å². The second kappa shape index (κ2) is 8.28. The summed E-state index contributed by atoms with van der Waals surface area (Å²) in [5, 5.41) is 13.3. The summed E-state index contributed by atoms with van der Waals surface area (Å²) in [6.45, 7) is 0.421. The number of halogens is 1. The molecule has 0 aliphatic rings. The zero-order chi connectivity index (χ0) is 16.7. The maximum Gasteiger partial charge on any atom is 0.271 e. The zero-order valence-corrected chi connectivity index (χ0v) is 13.8. The molecular weight excluding hydrogens is 364 g/mol. The largest absolute Gasteiger partial charge is 0.494 e. The van der Waals surface area contributed by atoms with Crippen LogP contribution in [-0.2, 0) is 4.79 Å². The first-order valence-electron chi connectivity index (χ1n) is 6.97. The number of carbonyl (C=O) groups is 1. The number of anilines is 1. The molecule has 120 valence electrons. The van der Waals surface area contributed by atoms with E-state index in [4.69, 9.17) is 4.74 Å². The van der Waals surface area contributed by atoms with Crippen LogP contribution in [0, 0.1) is 10.1 Å². The minimum absolute atomic E-state index is 0.0543. The number of rotatable bonds is 7. The molecule has 0 heterocycles. The van der Waals surface area contributed by atoms with E-state index in [-0.39, 0.29) is 18.0 Å². The van der Waals surface area contributed by atoms with Crippen LogP contribution in [0.5, 0.6) is 5.75 Å². The SMILES string of the molecule is O=C(CCCOc1ccc(Br)cc1)Nc1cccc([N+](=O)[O-])c1. The Hall–Kier alpha value is -2.41. The van der Waals surface area contributed by atoms with Gasteiger partial charge in [-0.05, 0) is 36.8 Å². The summed E-state index contributed by atoms with van der Waals surface area (Å²) in [6.07, 6.45) is 0.829. The summed E-state index contributed by atoms with van der Waals surface area (Å²) in [7, 11) is 0. The third kappa shape index (κ3) is 5.71. The number of amides is 1. The predicted octanol–water partition coefficient (Wildman–Crippen LogP) is 4.16. The molecule has 0 aromatic heterocycles. The highest BCUT2D eigenvalue weighted by atomic mass is 79.9. The van der Waals surface area contributed by atoms with Gasteiger partial charge in [-0.3, -0.25) is 14.9 Å². The quantitative estimate of drug-likeness (QED) is 0.445. The molecule has 1 amide bonds. The van der Waals surface area contributed by atoms with Gasteiger partial charge in [0.2, 0.25) is 5.91 Å². The van der Waals surface area contributed by atoms with Gasteiger partial charge in [-0.25, -0.2) is 0 Å². The number of carbonyl (C=O) groups excluding carboxylic acids is 1. The van der Waals surface area contributed by atoms with Gasteiger partial charge < -0.3 is 10.1 Å². The number of hydrogen-bond donors (Lipinski definition) is 1. The van der Waals surface area contributed by atoms with Gasteiger partial charge in [0.05, 0.1) is 11.5 Å². The van der Waals surface area contributed by atoms with E-state index >= 15 is 0 Å². The summed E-state index contributed by atoms with van der Waals surface area (Å²) in [6, 6.07) is 13.3. The lowest BCUT2D eigenvalue weighted by molar-refractivity contribution is -0.384. The van der Waals surface area contributed by atoms with E-state index in [9.17, 15) is 14.9 Å². The molecule has 0 saturated carbocycles. The number of ether oxygens (including phenoxy) is 1. The van der Waals surface area contributed by atoms with E-state index in [1.807, 2.05) is 24.3 Å². The topological polar surface area (TPSA) is 81.5 Å². The third-order valence-electron chi connectivity index (χ3n) is 2.97. The average Bonchev–Trinajstić information content (AvgIpc) is 2.53. The van der Waals surface area contributed by atoms with E-state index in [2.05, 4.69) is 21.2 Å². The lowest BCUT2D eigenvalue weighted by Gasteiger charge is -2.07. The summed E-state index contributed by atoms with van der Waals surface area (Å²) >= 11 is 3.34. The molecule has 0 unspecified atom stereocenters. The maximum absolute atomic E-state index is 11.8. The number of non-ortho nitro benzene ring substituents is 1. The van der Waals surface area contributed by atoms with Crippen molar-refractivity contribution in [3.05, 3.63) is 63.1 Å². The number of nitrogens with one attached hydrogen (secondary N) is 1. The lowest BCUT2D eigenvalue weighted by Crippen LogP contribution is -2.12. The van der Waals surface area contributed by atoms with Crippen molar-refractivity contribution < 1.29 is 14.5 Å². The van der Waals surface area contributed by atoms with Crippen LogP contribution in [0.2, 0.25) is 0 Å². The Morgan fingerprint density at radius 3 is 2.65 bits per heavy atom. The molecule has 23 heavy (non-hydrogen) atoms. The first-order chi connectivity index (χ1) is 11.0. The van der Waals surface area contributed by atoms with Crippen molar-refractivity contribution in [2.75, 3.05) is 11.9 Å². The Labute approximate surface area is 141 Å². The second-order valence-corrected chi connectivity index (χ2v) is 5.68. The summed E-state index contributed by atoms with van der Waals surface area (Å²) < 4.78 is 6.50. The molecule has 1 N–H and O–H groups in total. The van der Waals surface area contributed by atoms with Gasteiger partial charge in [0, 0.05) is 28.7 Å². The zero-order valence-electron chi connectivity index (χ0n) is 12.2. The molecular formula is C16H15BrN2O4. The first kappa shape index (κ1) is 17.0. The van der Waals surface area contributed by atoms with Gasteiger partial charge >= 0.3 is 0 Å². The molecule has 0 aliphatic carbocycles. The molecule has 2 rings (SSSR count). The van der Waals surface area contributed by atoms with Crippen molar-refractivity contribution in [1.82, 2.24) is 0 Å². The van der Waals surface area contributed by atoms with Gasteiger partial charge in [-0.2, -0.15) is 0 Å². The standard InChI is InChI=1S/C16H15BrN2O4/c17-12-6-8-15(9-7-12)23-10-2-5-16(20)18-13-3-1-4-14(11-13)19(21)22/h1,3-4,6-9,11H,2,5,10H2,(H,18,20). The van der Waals surface area contributed by atoms with E-state index in [1.54, 1.807) is 6.07 Å². The fraction of sp³-hybridized carbons (Fsp3) is 0.188. The monoisotopic (exact) mass is 378 g/mol. The molecule has 0 bridgehead atoms. The number of nitrogens with zero attached hydrogens (tertiary/aromatic N) is 1. The fourth-order valence-electron chi connectivity index (χ4n) is 1.87. The van der Waals surface area contributed by atoms with Crippen LogP contribution < -0.4 is 10.1 Å². The van der Waals surface area contributed by atoms with Gasteiger partial charge in [0.15, 0.2) is 0 Å². The fourth-order valence-corrected chi connectivity index (χ4v) is 2.14. The minimum atomic E-state index is -0.498. The third-order valence-corrected chi connectivity index (χ3v) is 3.50. The highest BCUT2D eigenvalue weighted by Gasteiger charge is 2.08. The number of benzene rings is 2. The maximum atomic E-state index is 11.8. The summed E-state index contributed by atoms with van der Waals surface area (Å²) in [4.78, 5) is 22.0. The Balaban J connectivity index is 1.74. The van der Waals surface area contributed by atoms with Crippen LogP contribution in [0.1, 0.15) is 12.8 Å². The van der Waals surface area contributed by atoms with Gasteiger partial charge in [0.25, 0.3) is 5.69 Å². The Morgan fingerprint density at radius 2 is 1.96 bits per heavy atom. The van der Waals surface area contributed by atoms with Crippen molar-refractivity contribution in [1.29, 1.82) is 0 Å². The van der Waals surface area contributed by atoms with E-state index in [1.165, 1.54) is 18.2 Å². The van der Waals surface area contributed by atoms with Crippen LogP contribution in [0.4, 0.5) is 11.4 Å². The molecule has 0 atom stereocenters. The Morgan fingerprint density at radius 1 is 1.22 bits per heavy atom. The van der Waals surface area contributed by atoms with Crippen molar-refractivity contribution in [3.63, 3.8) is 0 Å². The van der Waals surface area contributed by atoms with Crippen molar-refractivity contribution >= 4 is 33.2 Å². The van der Waals surface area contributed by atoms with Gasteiger partial charge in [0.1, 0.15) is 5.75 Å². The average molecular weight is 379 g/mol. The van der Waals surface area contributed by atoms with Crippen LogP contribution in [-0.4, -0.2) is 17.4 Å². The normalized spacial score (nSPS) is 10.1.